The summed E-state index contributed by atoms with van der Waals surface area (Å²) >= 11 is 0. The zero-order chi connectivity index (χ0) is 10.3. The highest BCUT2D eigenvalue weighted by Gasteiger charge is 2.04. The Kier molecular flexibility index (Phi) is 6.59. The van der Waals surface area contributed by atoms with Crippen LogP contribution in [0.3, 0.4) is 0 Å². The molecular weight excluding hydrogens is 168 g/mol. The minimum absolute atomic E-state index is 0.0743. The molecule has 0 amide bonds. The van der Waals surface area contributed by atoms with E-state index in [1.165, 1.54) is 0 Å². The van der Waals surface area contributed by atoms with Gasteiger partial charge in [-0.1, -0.05) is 27.7 Å². The lowest BCUT2D eigenvalue weighted by Crippen LogP contribution is -2.17. The Labute approximate surface area is 80.4 Å². The van der Waals surface area contributed by atoms with Gasteiger partial charge >= 0.3 is 5.97 Å². The first-order valence-corrected chi connectivity index (χ1v) is 4.75. The summed E-state index contributed by atoms with van der Waals surface area (Å²) in [5.41, 5.74) is 0. The molecule has 0 aromatic carbocycles. The van der Waals surface area contributed by atoms with E-state index in [0.29, 0.717) is 25.0 Å². The first-order valence-electron chi connectivity index (χ1n) is 4.75. The van der Waals surface area contributed by atoms with Crippen molar-refractivity contribution in [2.45, 2.75) is 27.7 Å². The minimum Gasteiger partial charge on any atom is -0.464 e. The molecule has 13 heavy (non-hydrogen) atoms. The topological polar surface area (TPSA) is 35.5 Å². The average molecular weight is 188 g/mol. The second-order valence-electron chi connectivity index (χ2n) is 3.99. The SMILES string of the molecule is CC(C)COCC(=O)OCC(C)C. The van der Waals surface area contributed by atoms with E-state index in [-0.39, 0.29) is 12.6 Å². The lowest BCUT2D eigenvalue weighted by molar-refractivity contribution is -0.150. The van der Waals surface area contributed by atoms with Crippen LogP contribution in [0.2, 0.25) is 0 Å². The molecule has 0 rings (SSSR count). The van der Waals surface area contributed by atoms with E-state index in [4.69, 9.17) is 9.47 Å². The second kappa shape index (κ2) is 6.89. The Hall–Kier alpha value is -0.570. The Bertz CT molecular complexity index is 141. The van der Waals surface area contributed by atoms with Crippen molar-refractivity contribution in [3.8, 4) is 0 Å². The zero-order valence-electron chi connectivity index (χ0n) is 9.00. The molecule has 0 saturated carbocycles. The van der Waals surface area contributed by atoms with Crippen molar-refractivity contribution in [3.05, 3.63) is 0 Å². The molecule has 0 aliphatic rings. The van der Waals surface area contributed by atoms with E-state index in [1.54, 1.807) is 0 Å². The number of carbonyl (C=O) groups is 1. The van der Waals surface area contributed by atoms with Gasteiger partial charge in [0.15, 0.2) is 0 Å². The Balaban J connectivity index is 3.30. The predicted octanol–water partition coefficient (Wildman–Crippen LogP) is 1.86. The summed E-state index contributed by atoms with van der Waals surface area (Å²) in [5.74, 6) is 0.571. The maximum Gasteiger partial charge on any atom is 0.332 e. The van der Waals surface area contributed by atoms with E-state index in [1.807, 2.05) is 27.7 Å². The van der Waals surface area contributed by atoms with E-state index in [0.717, 1.165) is 0 Å². The molecule has 0 atom stereocenters. The molecule has 0 fully saturated rings. The second-order valence-corrected chi connectivity index (χ2v) is 3.99. The number of hydrogen-bond donors (Lipinski definition) is 0. The summed E-state index contributed by atoms with van der Waals surface area (Å²) in [5, 5.41) is 0. The molecule has 3 heteroatoms. The van der Waals surface area contributed by atoms with Gasteiger partial charge in [-0.3, -0.25) is 0 Å². The van der Waals surface area contributed by atoms with Gasteiger partial charge in [0.1, 0.15) is 6.61 Å². The summed E-state index contributed by atoms with van der Waals surface area (Å²) in [6.07, 6.45) is 0. The molecule has 0 saturated heterocycles. The molecule has 78 valence electrons. The fourth-order valence-corrected chi connectivity index (χ4v) is 0.679. The van der Waals surface area contributed by atoms with E-state index in [9.17, 15) is 4.79 Å². The first kappa shape index (κ1) is 12.4. The van der Waals surface area contributed by atoms with Crippen molar-refractivity contribution in [1.29, 1.82) is 0 Å². The van der Waals surface area contributed by atoms with Crippen molar-refractivity contribution < 1.29 is 14.3 Å². The van der Waals surface area contributed by atoms with Gasteiger partial charge in [-0.25, -0.2) is 4.79 Å². The monoisotopic (exact) mass is 188 g/mol. The van der Waals surface area contributed by atoms with Crippen LogP contribution in [0.25, 0.3) is 0 Å². The highest BCUT2D eigenvalue weighted by molar-refractivity contribution is 5.70. The lowest BCUT2D eigenvalue weighted by atomic mass is 10.2. The highest BCUT2D eigenvalue weighted by Crippen LogP contribution is 1.95. The Morgan fingerprint density at radius 1 is 1.08 bits per heavy atom. The van der Waals surface area contributed by atoms with Gasteiger partial charge in [0.05, 0.1) is 6.61 Å². The van der Waals surface area contributed by atoms with Crippen LogP contribution in [0, 0.1) is 11.8 Å². The van der Waals surface area contributed by atoms with Crippen LogP contribution < -0.4 is 0 Å². The van der Waals surface area contributed by atoms with Gasteiger partial charge in [0.25, 0.3) is 0 Å². The maximum absolute atomic E-state index is 11.0. The molecule has 0 spiro atoms. The standard InChI is InChI=1S/C10H20O3/c1-8(2)5-12-7-10(11)13-6-9(3)4/h8-9H,5-7H2,1-4H3. The van der Waals surface area contributed by atoms with E-state index >= 15 is 0 Å². The van der Waals surface area contributed by atoms with E-state index < -0.39 is 0 Å². The minimum atomic E-state index is -0.269. The molecule has 0 bridgehead atoms. The van der Waals surface area contributed by atoms with Crippen LogP contribution in [-0.2, 0) is 14.3 Å². The molecular formula is C10H20O3. The van der Waals surface area contributed by atoms with Crippen LogP contribution >= 0.6 is 0 Å². The summed E-state index contributed by atoms with van der Waals surface area (Å²) in [4.78, 5) is 11.0. The van der Waals surface area contributed by atoms with Gasteiger partial charge in [0.2, 0.25) is 0 Å². The number of esters is 1. The largest absolute Gasteiger partial charge is 0.464 e. The molecule has 0 radical (unpaired) electrons. The third-order valence-electron chi connectivity index (χ3n) is 1.25. The lowest BCUT2D eigenvalue weighted by Gasteiger charge is -2.08. The third-order valence-corrected chi connectivity index (χ3v) is 1.25. The van der Waals surface area contributed by atoms with E-state index in [2.05, 4.69) is 0 Å². The Morgan fingerprint density at radius 3 is 2.08 bits per heavy atom. The molecule has 0 N–H and O–H groups in total. The van der Waals surface area contributed by atoms with Crippen LogP contribution in [0.1, 0.15) is 27.7 Å². The van der Waals surface area contributed by atoms with Crippen LogP contribution in [0.4, 0.5) is 0 Å². The van der Waals surface area contributed by atoms with Crippen molar-refractivity contribution in [1.82, 2.24) is 0 Å². The van der Waals surface area contributed by atoms with Gasteiger partial charge in [-0.05, 0) is 11.8 Å². The summed E-state index contributed by atoms with van der Waals surface area (Å²) in [6.45, 7) is 9.24. The predicted molar refractivity (Wildman–Crippen MR) is 51.5 cm³/mol. The van der Waals surface area contributed by atoms with Crippen LogP contribution in [-0.4, -0.2) is 25.8 Å². The van der Waals surface area contributed by atoms with Gasteiger partial charge in [-0.2, -0.15) is 0 Å². The van der Waals surface area contributed by atoms with Gasteiger partial charge in [0, 0.05) is 6.61 Å². The normalized spacial score (nSPS) is 10.9. The summed E-state index contributed by atoms with van der Waals surface area (Å²) < 4.78 is 10.0. The van der Waals surface area contributed by atoms with Crippen molar-refractivity contribution in [2.75, 3.05) is 19.8 Å². The molecule has 3 nitrogen and oxygen atoms in total. The van der Waals surface area contributed by atoms with Gasteiger partial charge < -0.3 is 9.47 Å². The summed E-state index contributed by atoms with van der Waals surface area (Å²) in [7, 11) is 0. The number of ether oxygens (including phenoxy) is 2. The zero-order valence-corrected chi connectivity index (χ0v) is 9.00. The highest BCUT2D eigenvalue weighted by atomic mass is 16.6. The first-order chi connectivity index (χ1) is 6.02. The molecule has 0 aliphatic heterocycles. The number of hydrogen-bond acceptors (Lipinski definition) is 3. The fourth-order valence-electron chi connectivity index (χ4n) is 0.679. The summed E-state index contributed by atoms with van der Waals surface area (Å²) in [6, 6.07) is 0. The number of rotatable bonds is 6. The molecule has 0 aromatic heterocycles. The van der Waals surface area contributed by atoms with Crippen LogP contribution in [0.5, 0.6) is 0 Å². The quantitative estimate of drug-likeness (QED) is 0.597. The maximum atomic E-state index is 11.0. The smallest absolute Gasteiger partial charge is 0.332 e. The average Bonchev–Trinajstić information content (AvgIpc) is 2.00. The van der Waals surface area contributed by atoms with Crippen molar-refractivity contribution >= 4 is 5.97 Å². The number of carbonyl (C=O) groups excluding carboxylic acids is 1. The van der Waals surface area contributed by atoms with Gasteiger partial charge in [-0.15, -0.1) is 0 Å². The van der Waals surface area contributed by atoms with Crippen molar-refractivity contribution in [2.24, 2.45) is 11.8 Å². The van der Waals surface area contributed by atoms with Crippen LogP contribution in [0.15, 0.2) is 0 Å². The fraction of sp³-hybridized carbons (Fsp3) is 0.900. The molecule has 0 aliphatic carbocycles. The molecule has 0 unspecified atom stereocenters. The molecule has 0 aromatic rings. The molecule has 0 heterocycles. The third kappa shape index (κ3) is 9.34. The Morgan fingerprint density at radius 2 is 1.62 bits per heavy atom. The van der Waals surface area contributed by atoms with Crippen molar-refractivity contribution in [3.63, 3.8) is 0 Å².